The van der Waals surface area contributed by atoms with E-state index in [-0.39, 0.29) is 40.3 Å². The maximum absolute atomic E-state index is 14.3. The number of carbonyl (C=O) groups is 1. The van der Waals surface area contributed by atoms with Gasteiger partial charge in [-0.15, -0.1) is 4.36 Å². The Balaban J connectivity index is 1.62. The van der Waals surface area contributed by atoms with Crippen LogP contribution >= 0.6 is 11.6 Å². The molecule has 11 nitrogen and oxygen atoms in total. The summed E-state index contributed by atoms with van der Waals surface area (Å²) < 4.78 is 55.5. The molecule has 0 saturated heterocycles. The van der Waals surface area contributed by atoms with Crippen LogP contribution in [0.25, 0.3) is 11.3 Å². The monoisotopic (exact) mass is 625 g/mol. The van der Waals surface area contributed by atoms with Gasteiger partial charge in [0.2, 0.25) is 5.28 Å². The van der Waals surface area contributed by atoms with Crippen LogP contribution < -0.4 is 10.1 Å². The molecule has 1 N–H and O–H groups in total. The van der Waals surface area contributed by atoms with E-state index < -0.39 is 38.0 Å². The number of non-ortho nitro benzene ring substituents is 1. The number of carbonyl (C=O) groups excluding carboxylic acids is 1. The van der Waals surface area contributed by atoms with Gasteiger partial charge in [0, 0.05) is 42.3 Å². The molecule has 0 aliphatic rings. The number of amides is 1. The molecule has 42 heavy (non-hydrogen) atoms. The second-order valence-corrected chi connectivity index (χ2v) is 13.0. The number of nitro benzene ring substituents is 1. The van der Waals surface area contributed by atoms with Gasteiger partial charge in [-0.1, -0.05) is 0 Å². The highest BCUT2D eigenvalue weighted by Crippen LogP contribution is 2.32. The number of ether oxygens (including phenoxy) is 2. The van der Waals surface area contributed by atoms with Crippen molar-refractivity contribution in [1.82, 2.24) is 9.97 Å². The number of benzene rings is 2. The lowest BCUT2D eigenvalue weighted by Gasteiger charge is -2.17. The van der Waals surface area contributed by atoms with E-state index in [0.717, 1.165) is 18.3 Å². The van der Waals surface area contributed by atoms with Crippen molar-refractivity contribution in [2.45, 2.75) is 45.0 Å². The molecule has 0 bridgehead atoms. The molecule has 1 aromatic heterocycles. The zero-order chi connectivity index (χ0) is 31.1. The molecule has 15 heteroatoms. The van der Waals surface area contributed by atoms with Crippen LogP contribution in [0.1, 0.15) is 39.2 Å². The summed E-state index contributed by atoms with van der Waals surface area (Å²) in [6.45, 7) is 5.50. The van der Waals surface area contributed by atoms with Crippen LogP contribution in [0.2, 0.25) is 5.28 Å². The van der Waals surface area contributed by atoms with Crippen LogP contribution in [0.4, 0.5) is 25.0 Å². The first-order valence-corrected chi connectivity index (χ1v) is 15.1. The number of unbranched alkanes of at least 4 members (excludes halogenated alkanes) is 1. The number of halogens is 3. The van der Waals surface area contributed by atoms with Crippen LogP contribution in [-0.2, 0) is 20.2 Å². The summed E-state index contributed by atoms with van der Waals surface area (Å²) in [5, 5.41) is 14.4. The average Bonchev–Trinajstić information content (AvgIpc) is 2.85. The van der Waals surface area contributed by atoms with Crippen LogP contribution in [0.15, 0.2) is 47.0 Å². The maximum atomic E-state index is 14.3. The fraction of sp³-hybridized carbons (Fsp3) is 0.370. The number of hydrogen-bond donors (Lipinski definition) is 1. The summed E-state index contributed by atoms with van der Waals surface area (Å²) in [5.74, 6) is -1.44. The minimum atomic E-state index is -3.09. The quantitative estimate of drug-likeness (QED) is 0.105. The molecule has 226 valence electrons. The average molecular weight is 626 g/mol. The molecule has 0 radical (unpaired) electrons. The van der Waals surface area contributed by atoms with Crippen LogP contribution in [0.5, 0.6) is 5.75 Å². The number of nitrogens with zero attached hydrogens (tertiary/aromatic N) is 4. The Bertz CT molecular complexity index is 1590. The van der Waals surface area contributed by atoms with E-state index in [1.807, 2.05) is 0 Å². The summed E-state index contributed by atoms with van der Waals surface area (Å²) in [7, 11) is -3.09. The van der Waals surface area contributed by atoms with Gasteiger partial charge in [0.05, 0.1) is 33.2 Å². The first kappa shape index (κ1) is 32.6. The van der Waals surface area contributed by atoms with E-state index in [1.54, 1.807) is 26.8 Å². The van der Waals surface area contributed by atoms with E-state index in [2.05, 4.69) is 19.6 Å². The van der Waals surface area contributed by atoms with Gasteiger partial charge in [0.25, 0.3) is 5.69 Å². The minimum Gasteiger partial charge on any atom is -0.493 e. The Labute approximate surface area is 247 Å². The molecule has 0 fully saturated rings. The Morgan fingerprint density at radius 1 is 1.19 bits per heavy atom. The fourth-order valence-electron chi connectivity index (χ4n) is 3.73. The van der Waals surface area contributed by atoms with Gasteiger partial charge in [-0.2, -0.15) is 0 Å². The van der Waals surface area contributed by atoms with Gasteiger partial charge in [-0.3, -0.25) is 10.1 Å². The standard InChI is InChI=1S/C27H30ClF2N5O6S/c1-27(2,3)41-26(36)34-42(4,39)16-17-11-19(14-20(12-17)35(37)38)31-9-5-6-10-40-23-13-18(29)7-8-21(23)24-22(30)15-32-25(28)33-24/h7-8,11-15,31H,5-6,9-10,16H2,1-4H3. The lowest BCUT2D eigenvalue weighted by Crippen LogP contribution is -2.22. The van der Waals surface area contributed by atoms with Crippen molar-refractivity contribution < 1.29 is 32.2 Å². The second kappa shape index (κ2) is 13.8. The number of rotatable bonds is 11. The summed E-state index contributed by atoms with van der Waals surface area (Å²) in [4.78, 5) is 30.4. The van der Waals surface area contributed by atoms with Crippen molar-refractivity contribution in [3.8, 4) is 17.0 Å². The molecule has 0 saturated carbocycles. The molecule has 3 aromatic rings. The van der Waals surface area contributed by atoms with E-state index in [1.165, 1.54) is 24.5 Å². The van der Waals surface area contributed by atoms with Crippen molar-refractivity contribution in [3.63, 3.8) is 0 Å². The molecule has 1 amide bonds. The molecule has 1 atom stereocenters. The van der Waals surface area contributed by atoms with Gasteiger partial charge in [0.1, 0.15) is 22.9 Å². The van der Waals surface area contributed by atoms with E-state index in [4.69, 9.17) is 21.1 Å². The van der Waals surface area contributed by atoms with Crippen LogP contribution in [0.3, 0.4) is 0 Å². The van der Waals surface area contributed by atoms with Crippen molar-refractivity contribution >= 4 is 38.8 Å². The molecule has 0 aliphatic carbocycles. The molecule has 0 aliphatic heterocycles. The summed E-state index contributed by atoms with van der Waals surface area (Å²) in [6.07, 6.45) is 2.26. The van der Waals surface area contributed by atoms with Crippen molar-refractivity contribution in [2.75, 3.05) is 24.7 Å². The number of anilines is 1. The lowest BCUT2D eigenvalue weighted by atomic mass is 10.1. The van der Waals surface area contributed by atoms with Crippen LogP contribution in [-0.4, -0.2) is 50.2 Å². The summed E-state index contributed by atoms with van der Waals surface area (Å²) in [6, 6.07) is 7.81. The normalized spacial score (nSPS) is 12.7. The smallest absolute Gasteiger partial charge is 0.442 e. The summed E-state index contributed by atoms with van der Waals surface area (Å²) in [5.41, 5.74) is -0.176. The van der Waals surface area contributed by atoms with Crippen molar-refractivity contribution in [1.29, 1.82) is 0 Å². The van der Waals surface area contributed by atoms with Gasteiger partial charge in [0.15, 0.2) is 5.82 Å². The van der Waals surface area contributed by atoms with Crippen molar-refractivity contribution in [3.05, 3.63) is 75.2 Å². The van der Waals surface area contributed by atoms with Crippen LogP contribution in [0, 0.1) is 21.7 Å². The SMILES string of the molecule is CC(C)(C)OC(=O)N=S(C)(=O)Cc1cc(NCCCCOc2cc(F)ccc2-c2nc(Cl)ncc2F)cc([N+](=O)[O-])c1. The first-order valence-electron chi connectivity index (χ1n) is 12.7. The number of aromatic nitrogens is 2. The molecule has 2 aromatic carbocycles. The summed E-state index contributed by atoms with van der Waals surface area (Å²) >= 11 is 5.79. The minimum absolute atomic E-state index is 0.0832. The van der Waals surface area contributed by atoms with Gasteiger partial charge >= 0.3 is 6.09 Å². The van der Waals surface area contributed by atoms with Gasteiger partial charge in [-0.05, 0) is 69.0 Å². The third-order valence-electron chi connectivity index (χ3n) is 5.36. The number of hydrogen-bond acceptors (Lipinski definition) is 9. The van der Waals surface area contributed by atoms with E-state index >= 15 is 0 Å². The molecule has 1 unspecified atom stereocenters. The highest BCUT2D eigenvalue weighted by atomic mass is 35.5. The van der Waals surface area contributed by atoms with E-state index in [0.29, 0.717) is 30.6 Å². The van der Waals surface area contributed by atoms with Gasteiger partial charge < -0.3 is 14.8 Å². The Morgan fingerprint density at radius 3 is 2.62 bits per heavy atom. The van der Waals surface area contributed by atoms with E-state index in [9.17, 15) is 27.9 Å². The predicted molar refractivity (Wildman–Crippen MR) is 155 cm³/mol. The maximum Gasteiger partial charge on any atom is 0.442 e. The van der Waals surface area contributed by atoms with Crippen molar-refractivity contribution in [2.24, 2.45) is 4.36 Å². The zero-order valence-corrected chi connectivity index (χ0v) is 24.9. The predicted octanol–water partition coefficient (Wildman–Crippen LogP) is 6.79. The fourth-order valence-corrected chi connectivity index (χ4v) is 5.07. The topological polar surface area (TPSA) is 146 Å². The molecule has 0 spiro atoms. The molecule has 1 heterocycles. The highest BCUT2D eigenvalue weighted by molar-refractivity contribution is 7.92. The molecule has 3 rings (SSSR count). The molecular formula is C27H30ClF2N5O6S. The zero-order valence-electron chi connectivity index (χ0n) is 23.4. The third-order valence-corrected chi connectivity index (χ3v) is 6.94. The Morgan fingerprint density at radius 2 is 1.93 bits per heavy atom. The number of nitro groups is 1. The van der Waals surface area contributed by atoms with Gasteiger partial charge in [-0.25, -0.2) is 27.8 Å². The Kier molecular flexibility index (Phi) is 10.7. The Hall–Kier alpha value is -3.91. The number of nitrogens with one attached hydrogen (secondary N) is 1. The second-order valence-electron chi connectivity index (χ2n) is 10.3. The third kappa shape index (κ3) is 10.2. The largest absolute Gasteiger partial charge is 0.493 e. The highest BCUT2D eigenvalue weighted by Gasteiger charge is 2.19. The molecular weight excluding hydrogens is 596 g/mol. The first-order chi connectivity index (χ1) is 19.6. The lowest BCUT2D eigenvalue weighted by molar-refractivity contribution is -0.384.